The lowest BCUT2D eigenvalue weighted by atomic mass is 10.0. The Kier molecular flexibility index (Phi) is 3.77. The highest BCUT2D eigenvalue weighted by Gasteiger charge is 2.16. The van der Waals surface area contributed by atoms with E-state index in [1.54, 1.807) is 6.92 Å². The average Bonchev–Trinajstić information content (AvgIpc) is 3.52. The molecule has 0 unspecified atom stereocenters. The van der Waals surface area contributed by atoms with E-state index < -0.39 is 0 Å². The van der Waals surface area contributed by atoms with Gasteiger partial charge in [0.15, 0.2) is 5.78 Å². The van der Waals surface area contributed by atoms with Crippen molar-refractivity contribution in [2.75, 3.05) is 0 Å². The van der Waals surface area contributed by atoms with Crippen LogP contribution in [0.5, 0.6) is 0 Å². The fraction of sp³-hybridized carbons (Fsp3) is 0.0385. The highest BCUT2D eigenvalue weighted by atomic mass is 16.1. The molecule has 31 heavy (non-hydrogen) atoms. The number of aromatic nitrogens is 4. The Morgan fingerprint density at radius 1 is 0.710 bits per heavy atom. The first kappa shape index (κ1) is 17.6. The molecule has 2 aliphatic heterocycles. The van der Waals surface area contributed by atoms with Crippen LogP contribution in [0.25, 0.3) is 56.7 Å². The highest BCUT2D eigenvalue weighted by Crippen LogP contribution is 2.35. The Morgan fingerprint density at radius 3 is 2.06 bits per heavy atom. The van der Waals surface area contributed by atoms with E-state index in [1.165, 1.54) is 0 Å². The van der Waals surface area contributed by atoms with Crippen LogP contribution in [0.1, 0.15) is 28.7 Å². The summed E-state index contributed by atoms with van der Waals surface area (Å²) in [4.78, 5) is 28.7. The van der Waals surface area contributed by atoms with Gasteiger partial charge in [-0.2, -0.15) is 0 Å². The maximum absolute atomic E-state index is 12.3. The van der Waals surface area contributed by atoms with Crippen LogP contribution < -0.4 is 0 Å². The maximum atomic E-state index is 12.3. The molecule has 0 spiro atoms. The van der Waals surface area contributed by atoms with Crippen LogP contribution in [0, 0.1) is 0 Å². The molecule has 1 aromatic carbocycles. The SMILES string of the molecule is CC(=O)c1cc2cc3nc(cc4ccc(cc5nc(cc1[nH]2)-c1ccccc1-5)[nH]4)C=C3. The number of benzene rings is 1. The first-order valence-electron chi connectivity index (χ1n) is 10.1. The average molecular weight is 402 g/mol. The second-order valence-corrected chi connectivity index (χ2v) is 7.78. The molecule has 5 nitrogen and oxygen atoms in total. The maximum Gasteiger partial charge on any atom is 0.161 e. The first-order valence-corrected chi connectivity index (χ1v) is 10.1. The van der Waals surface area contributed by atoms with Gasteiger partial charge < -0.3 is 9.97 Å². The third kappa shape index (κ3) is 3.07. The molecule has 5 heterocycles. The molecule has 2 aliphatic rings. The normalized spacial score (nSPS) is 12.0. The van der Waals surface area contributed by atoms with E-state index in [1.807, 2.05) is 66.7 Å². The molecule has 3 aromatic heterocycles. The fourth-order valence-corrected chi connectivity index (χ4v) is 4.13. The molecular weight excluding hydrogens is 384 g/mol. The fourth-order valence-electron chi connectivity index (χ4n) is 4.13. The minimum Gasteiger partial charge on any atom is -0.355 e. The molecule has 0 aliphatic carbocycles. The lowest BCUT2D eigenvalue weighted by Gasteiger charge is -1.97. The number of hydrogen-bond donors (Lipinski definition) is 2. The van der Waals surface area contributed by atoms with Crippen LogP contribution in [-0.4, -0.2) is 25.7 Å². The lowest BCUT2D eigenvalue weighted by Crippen LogP contribution is -1.88. The molecule has 0 saturated heterocycles. The van der Waals surface area contributed by atoms with Crippen molar-refractivity contribution >= 4 is 40.0 Å². The Morgan fingerprint density at radius 2 is 1.35 bits per heavy atom. The van der Waals surface area contributed by atoms with E-state index in [4.69, 9.17) is 4.98 Å². The second-order valence-electron chi connectivity index (χ2n) is 7.78. The lowest BCUT2D eigenvalue weighted by molar-refractivity contribution is 0.101. The molecule has 6 rings (SSSR count). The van der Waals surface area contributed by atoms with Gasteiger partial charge in [-0.05, 0) is 61.5 Å². The van der Waals surface area contributed by atoms with Gasteiger partial charge in [0.1, 0.15) is 0 Å². The van der Waals surface area contributed by atoms with E-state index in [2.05, 4.69) is 27.1 Å². The Hall–Kier alpha value is -4.25. The van der Waals surface area contributed by atoms with Crippen LogP contribution in [0.15, 0.2) is 66.7 Å². The van der Waals surface area contributed by atoms with Crippen molar-refractivity contribution in [2.45, 2.75) is 6.92 Å². The van der Waals surface area contributed by atoms with Crippen LogP contribution in [0.3, 0.4) is 0 Å². The van der Waals surface area contributed by atoms with Gasteiger partial charge in [0.2, 0.25) is 0 Å². The van der Waals surface area contributed by atoms with Crippen molar-refractivity contribution in [3.8, 4) is 22.5 Å². The molecule has 0 atom stereocenters. The largest absolute Gasteiger partial charge is 0.355 e. The molecule has 0 fully saturated rings. The summed E-state index contributed by atoms with van der Waals surface area (Å²) >= 11 is 0. The summed E-state index contributed by atoms with van der Waals surface area (Å²) in [6, 6.07) is 22.1. The van der Waals surface area contributed by atoms with Gasteiger partial charge in [0.25, 0.3) is 0 Å². The summed E-state index contributed by atoms with van der Waals surface area (Å²) in [7, 11) is 0. The van der Waals surface area contributed by atoms with Crippen molar-refractivity contribution in [3.63, 3.8) is 0 Å². The minimum atomic E-state index is 0.00537. The summed E-state index contributed by atoms with van der Waals surface area (Å²) in [6.07, 6.45) is 3.95. The third-order valence-electron chi connectivity index (χ3n) is 5.56. The zero-order valence-corrected chi connectivity index (χ0v) is 16.8. The molecule has 2 N–H and O–H groups in total. The van der Waals surface area contributed by atoms with Gasteiger partial charge in [-0.15, -0.1) is 0 Å². The van der Waals surface area contributed by atoms with Crippen molar-refractivity contribution in [1.29, 1.82) is 0 Å². The Balaban J connectivity index is 1.76. The van der Waals surface area contributed by atoms with Gasteiger partial charge >= 0.3 is 0 Å². The van der Waals surface area contributed by atoms with Crippen molar-refractivity contribution in [1.82, 2.24) is 19.9 Å². The van der Waals surface area contributed by atoms with Crippen LogP contribution in [-0.2, 0) is 0 Å². The van der Waals surface area contributed by atoms with Gasteiger partial charge in [-0.25, -0.2) is 9.97 Å². The van der Waals surface area contributed by atoms with Gasteiger partial charge in [-0.3, -0.25) is 4.79 Å². The summed E-state index contributed by atoms with van der Waals surface area (Å²) in [5.41, 5.74) is 9.71. The van der Waals surface area contributed by atoms with E-state index in [0.29, 0.717) is 5.56 Å². The molecule has 5 heteroatoms. The molecule has 148 valence electrons. The van der Waals surface area contributed by atoms with Crippen LogP contribution >= 0.6 is 0 Å². The van der Waals surface area contributed by atoms with Gasteiger partial charge in [0.05, 0.1) is 28.3 Å². The van der Waals surface area contributed by atoms with E-state index in [0.717, 1.165) is 56.0 Å². The molecule has 0 radical (unpaired) electrons. The van der Waals surface area contributed by atoms with Crippen molar-refractivity contribution < 1.29 is 4.79 Å². The Labute approximate surface area is 178 Å². The molecule has 8 bridgehead atoms. The number of nitrogens with zero attached hydrogens (tertiary/aromatic N) is 2. The minimum absolute atomic E-state index is 0.00537. The van der Waals surface area contributed by atoms with E-state index in [-0.39, 0.29) is 5.78 Å². The molecule has 0 amide bonds. The number of rotatable bonds is 1. The number of aromatic amines is 2. The number of H-pyrrole nitrogens is 2. The number of hydrogen-bond acceptors (Lipinski definition) is 3. The molecular formula is C26H18N4O. The highest BCUT2D eigenvalue weighted by molar-refractivity contribution is 6.03. The predicted octanol–water partition coefficient (Wildman–Crippen LogP) is 6.02. The summed E-state index contributed by atoms with van der Waals surface area (Å²) < 4.78 is 0. The van der Waals surface area contributed by atoms with Gasteiger partial charge in [-0.1, -0.05) is 24.3 Å². The number of nitrogens with one attached hydrogen (secondary N) is 2. The zero-order chi connectivity index (χ0) is 20.9. The number of carbonyl (C=O) groups excluding carboxylic acids is 1. The van der Waals surface area contributed by atoms with Crippen LogP contribution in [0.4, 0.5) is 0 Å². The number of ketones is 1. The second kappa shape index (κ2) is 6.64. The quantitative estimate of drug-likeness (QED) is 0.330. The van der Waals surface area contributed by atoms with Crippen LogP contribution in [0.2, 0.25) is 0 Å². The number of Topliss-reactive ketones (excluding diaryl/α,β-unsaturated/α-hetero) is 1. The third-order valence-corrected chi connectivity index (χ3v) is 5.56. The van der Waals surface area contributed by atoms with Gasteiger partial charge in [0, 0.05) is 33.2 Å². The molecule has 0 saturated carbocycles. The first-order chi connectivity index (χ1) is 15.1. The van der Waals surface area contributed by atoms with E-state index >= 15 is 0 Å². The predicted molar refractivity (Wildman–Crippen MR) is 124 cm³/mol. The number of carbonyl (C=O) groups is 1. The topological polar surface area (TPSA) is 74.4 Å². The monoisotopic (exact) mass is 402 g/mol. The van der Waals surface area contributed by atoms with E-state index in [9.17, 15) is 4.79 Å². The summed E-state index contributed by atoms with van der Waals surface area (Å²) in [6.45, 7) is 1.58. The Bertz CT molecular complexity index is 1570. The van der Waals surface area contributed by atoms with Crippen molar-refractivity contribution in [2.24, 2.45) is 0 Å². The summed E-state index contributed by atoms with van der Waals surface area (Å²) in [5, 5.41) is 0. The zero-order valence-electron chi connectivity index (χ0n) is 16.8. The molecule has 4 aromatic rings. The van der Waals surface area contributed by atoms with Crippen molar-refractivity contribution in [3.05, 3.63) is 83.7 Å². The summed E-state index contributed by atoms with van der Waals surface area (Å²) in [5.74, 6) is 0.00537. The standard InChI is InChI=1S/C26H18N4O/c1-15(31)23-12-20-11-18-7-6-16(27-18)10-17-8-9-19(28-17)13-24-21-4-2-3-5-22(21)25(30-24)14-26(23)29-20/h2-14,28-29H,1H3. The number of fused-ring (bicyclic) bond motifs is 11. The smallest absolute Gasteiger partial charge is 0.161 e.